The van der Waals surface area contributed by atoms with E-state index in [1.807, 2.05) is 19.4 Å². The van der Waals surface area contributed by atoms with E-state index < -0.39 is 0 Å². The van der Waals surface area contributed by atoms with Crippen LogP contribution >= 0.6 is 0 Å². The van der Waals surface area contributed by atoms with Crippen molar-refractivity contribution in [2.24, 2.45) is 0 Å². The maximum atomic E-state index is 4.23. The smallest absolute Gasteiger partial charge is 0.0956 e. The summed E-state index contributed by atoms with van der Waals surface area (Å²) in [5.74, 6) is 6.67. The first kappa shape index (κ1) is 10.3. The molecule has 0 unspecified atom stereocenters. The third-order valence-corrected chi connectivity index (χ3v) is 2.93. The summed E-state index contributed by atoms with van der Waals surface area (Å²) in [6.07, 6.45) is 6.31. The van der Waals surface area contributed by atoms with Crippen LogP contribution in [0.4, 0.5) is 0 Å². The Morgan fingerprint density at radius 1 is 1.53 bits per heavy atom. The van der Waals surface area contributed by atoms with Crippen LogP contribution in [0.1, 0.15) is 31.4 Å². The van der Waals surface area contributed by atoms with Gasteiger partial charge in [-0.15, -0.1) is 5.92 Å². The van der Waals surface area contributed by atoms with E-state index in [0.717, 1.165) is 19.6 Å². The standard InChI is InChI=1S/C12H17N3/c1-2-3-8-15-10-14-9-12(15)11-4-6-13-7-5-11/h9-11,13H,4-8H2,1H3. The Morgan fingerprint density at radius 3 is 3.07 bits per heavy atom. The molecule has 0 saturated carbocycles. The number of aromatic nitrogens is 2. The first-order valence-electron chi connectivity index (χ1n) is 5.52. The van der Waals surface area contributed by atoms with E-state index in [0.29, 0.717) is 5.92 Å². The Labute approximate surface area is 90.9 Å². The Hall–Kier alpha value is -1.27. The normalized spacial score (nSPS) is 17.1. The number of nitrogens with one attached hydrogen (secondary N) is 1. The molecule has 1 N–H and O–H groups in total. The Kier molecular flexibility index (Phi) is 3.41. The van der Waals surface area contributed by atoms with Gasteiger partial charge in [0, 0.05) is 17.8 Å². The third kappa shape index (κ3) is 2.40. The van der Waals surface area contributed by atoms with Crippen molar-refractivity contribution in [1.29, 1.82) is 0 Å². The molecule has 0 spiro atoms. The summed E-state index contributed by atoms with van der Waals surface area (Å²) in [7, 11) is 0. The minimum absolute atomic E-state index is 0.660. The molecule has 2 heterocycles. The summed E-state index contributed by atoms with van der Waals surface area (Å²) < 4.78 is 2.17. The molecule has 80 valence electrons. The highest BCUT2D eigenvalue weighted by Crippen LogP contribution is 2.24. The van der Waals surface area contributed by atoms with Gasteiger partial charge in [0.05, 0.1) is 12.9 Å². The average molecular weight is 203 g/mol. The molecular formula is C12H17N3. The molecular weight excluding hydrogens is 186 g/mol. The molecule has 3 nitrogen and oxygen atoms in total. The predicted molar refractivity (Wildman–Crippen MR) is 60.5 cm³/mol. The van der Waals surface area contributed by atoms with Crippen molar-refractivity contribution < 1.29 is 0 Å². The lowest BCUT2D eigenvalue weighted by molar-refractivity contribution is 0.443. The fourth-order valence-corrected chi connectivity index (χ4v) is 2.08. The van der Waals surface area contributed by atoms with E-state index in [1.165, 1.54) is 18.5 Å². The van der Waals surface area contributed by atoms with Crippen LogP contribution in [0.25, 0.3) is 0 Å². The first-order valence-corrected chi connectivity index (χ1v) is 5.52. The van der Waals surface area contributed by atoms with Crippen molar-refractivity contribution in [3.05, 3.63) is 18.2 Å². The molecule has 0 aromatic carbocycles. The first-order chi connectivity index (χ1) is 7.42. The quantitative estimate of drug-likeness (QED) is 0.736. The SMILES string of the molecule is CC#CCn1cncc1C1CCNCC1. The van der Waals surface area contributed by atoms with Crippen LogP contribution in [0.3, 0.4) is 0 Å². The molecule has 0 bridgehead atoms. The van der Waals surface area contributed by atoms with Crippen LogP contribution in [-0.2, 0) is 6.54 Å². The van der Waals surface area contributed by atoms with E-state index in [2.05, 4.69) is 26.7 Å². The largest absolute Gasteiger partial charge is 0.323 e. The van der Waals surface area contributed by atoms with Gasteiger partial charge in [-0.3, -0.25) is 0 Å². The van der Waals surface area contributed by atoms with E-state index in [1.54, 1.807) is 0 Å². The number of imidazole rings is 1. The Morgan fingerprint density at radius 2 is 2.33 bits per heavy atom. The Bertz CT molecular complexity index is 364. The summed E-state index contributed by atoms with van der Waals surface area (Å²) in [5, 5.41) is 3.38. The van der Waals surface area contributed by atoms with Crippen LogP contribution in [0.15, 0.2) is 12.5 Å². The summed E-state index contributed by atoms with van der Waals surface area (Å²) in [6, 6.07) is 0. The van der Waals surface area contributed by atoms with Gasteiger partial charge < -0.3 is 9.88 Å². The van der Waals surface area contributed by atoms with Crippen molar-refractivity contribution in [2.75, 3.05) is 13.1 Å². The molecule has 1 aliphatic rings. The van der Waals surface area contributed by atoms with Gasteiger partial charge in [0.15, 0.2) is 0 Å². The van der Waals surface area contributed by atoms with Crippen molar-refractivity contribution >= 4 is 0 Å². The van der Waals surface area contributed by atoms with Crippen molar-refractivity contribution in [1.82, 2.24) is 14.9 Å². The van der Waals surface area contributed by atoms with Gasteiger partial charge in [-0.1, -0.05) is 5.92 Å². The van der Waals surface area contributed by atoms with E-state index >= 15 is 0 Å². The molecule has 2 rings (SSSR count). The second-order valence-corrected chi connectivity index (χ2v) is 3.90. The lowest BCUT2D eigenvalue weighted by atomic mass is 9.95. The van der Waals surface area contributed by atoms with Crippen molar-refractivity contribution in [3.63, 3.8) is 0 Å². The number of hydrogen-bond donors (Lipinski definition) is 1. The number of piperidine rings is 1. The maximum Gasteiger partial charge on any atom is 0.0956 e. The van der Waals surface area contributed by atoms with Gasteiger partial charge in [-0.25, -0.2) is 4.98 Å². The molecule has 0 radical (unpaired) electrons. The highest BCUT2D eigenvalue weighted by atomic mass is 15.0. The summed E-state index contributed by atoms with van der Waals surface area (Å²) in [6.45, 7) is 4.89. The molecule has 1 saturated heterocycles. The minimum Gasteiger partial charge on any atom is -0.323 e. The zero-order valence-corrected chi connectivity index (χ0v) is 9.16. The predicted octanol–water partition coefficient (Wildman–Crippen LogP) is 1.37. The highest BCUT2D eigenvalue weighted by Gasteiger charge is 2.18. The topological polar surface area (TPSA) is 29.9 Å². The van der Waals surface area contributed by atoms with Crippen molar-refractivity contribution in [2.45, 2.75) is 32.2 Å². The summed E-state index contributed by atoms with van der Waals surface area (Å²) >= 11 is 0. The third-order valence-electron chi connectivity index (χ3n) is 2.93. The average Bonchev–Trinajstić information content (AvgIpc) is 2.75. The molecule has 0 atom stereocenters. The van der Waals surface area contributed by atoms with Gasteiger partial charge in [0.1, 0.15) is 0 Å². The van der Waals surface area contributed by atoms with Gasteiger partial charge in [-0.2, -0.15) is 0 Å². The Balaban J connectivity index is 2.11. The molecule has 3 heteroatoms. The number of nitrogens with zero attached hydrogens (tertiary/aromatic N) is 2. The monoisotopic (exact) mass is 203 g/mol. The molecule has 0 amide bonds. The summed E-state index contributed by atoms with van der Waals surface area (Å²) in [4.78, 5) is 4.23. The fraction of sp³-hybridized carbons (Fsp3) is 0.583. The maximum absolute atomic E-state index is 4.23. The number of rotatable bonds is 2. The van der Waals surface area contributed by atoms with E-state index in [-0.39, 0.29) is 0 Å². The zero-order chi connectivity index (χ0) is 10.5. The molecule has 1 aromatic rings. The van der Waals surface area contributed by atoms with Crippen LogP contribution in [0.2, 0.25) is 0 Å². The van der Waals surface area contributed by atoms with Crippen LogP contribution in [-0.4, -0.2) is 22.6 Å². The zero-order valence-electron chi connectivity index (χ0n) is 9.16. The lowest BCUT2D eigenvalue weighted by Gasteiger charge is -2.23. The van der Waals surface area contributed by atoms with Crippen LogP contribution in [0.5, 0.6) is 0 Å². The van der Waals surface area contributed by atoms with Gasteiger partial charge >= 0.3 is 0 Å². The minimum atomic E-state index is 0.660. The lowest BCUT2D eigenvalue weighted by Crippen LogP contribution is -2.27. The van der Waals surface area contributed by atoms with E-state index in [4.69, 9.17) is 0 Å². The van der Waals surface area contributed by atoms with Crippen LogP contribution in [0, 0.1) is 11.8 Å². The van der Waals surface area contributed by atoms with Gasteiger partial charge in [-0.05, 0) is 32.9 Å². The fourth-order valence-electron chi connectivity index (χ4n) is 2.08. The second kappa shape index (κ2) is 4.99. The molecule has 0 aliphatic carbocycles. The molecule has 1 aromatic heterocycles. The molecule has 1 fully saturated rings. The van der Waals surface area contributed by atoms with Gasteiger partial charge in [0.25, 0.3) is 0 Å². The van der Waals surface area contributed by atoms with Crippen LogP contribution < -0.4 is 5.32 Å². The van der Waals surface area contributed by atoms with Crippen molar-refractivity contribution in [3.8, 4) is 11.8 Å². The highest BCUT2D eigenvalue weighted by molar-refractivity contribution is 5.10. The second-order valence-electron chi connectivity index (χ2n) is 3.90. The van der Waals surface area contributed by atoms with Gasteiger partial charge in [0.2, 0.25) is 0 Å². The summed E-state index contributed by atoms with van der Waals surface area (Å²) in [5.41, 5.74) is 1.35. The molecule has 1 aliphatic heterocycles. The number of hydrogen-bond acceptors (Lipinski definition) is 2. The van der Waals surface area contributed by atoms with E-state index in [9.17, 15) is 0 Å². The molecule has 15 heavy (non-hydrogen) atoms.